The molecule has 1 aromatic carbocycles. The molecular weight excluding hydrogens is 278 g/mol. The Bertz CT molecular complexity index is 482. The molecule has 3 nitrogen and oxygen atoms in total. The average molecular weight is 298 g/mol. The van der Waals surface area contributed by atoms with E-state index in [2.05, 4.69) is 0 Å². The molecule has 5 heteroatoms. The van der Waals surface area contributed by atoms with Crippen molar-refractivity contribution >= 4 is 5.97 Å². The minimum atomic E-state index is -0.859. The van der Waals surface area contributed by atoms with Gasteiger partial charge in [0.2, 0.25) is 0 Å². The zero-order valence-corrected chi connectivity index (χ0v) is 12.1. The first kappa shape index (κ1) is 15.9. The van der Waals surface area contributed by atoms with Gasteiger partial charge in [-0.25, -0.2) is 8.78 Å². The Labute approximate surface area is 123 Å². The summed E-state index contributed by atoms with van der Waals surface area (Å²) in [5.41, 5.74) is 0.612. The molecular formula is C16H20F2O3. The number of carbonyl (C=O) groups is 1. The van der Waals surface area contributed by atoms with Gasteiger partial charge in [-0.2, -0.15) is 0 Å². The number of halogens is 2. The summed E-state index contributed by atoms with van der Waals surface area (Å²) in [5.74, 6) is -1.87. The Kier molecular flexibility index (Phi) is 5.67. The average Bonchev–Trinajstić information content (AvgIpc) is 2.49. The molecule has 116 valence electrons. The second-order valence-corrected chi connectivity index (χ2v) is 5.29. The minimum absolute atomic E-state index is 0.0342. The lowest BCUT2D eigenvalue weighted by Gasteiger charge is -2.27. The molecule has 1 aromatic rings. The maximum absolute atomic E-state index is 13.1. The van der Waals surface area contributed by atoms with Crippen LogP contribution in [0.15, 0.2) is 18.2 Å². The normalized spacial score (nSPS) is 22.0. The highest BCUT2D eigenvalue weighted by atomic mass is 19.2. The fraction of sp³-hybridized carbons (Fsp3) is 0.562. The van der Waals surface area contributed by atoms with Crippen LogP contribution in [0.2, 0.25) is 0 Å². The number of hydrogen-bond acceptors (Lipinski definition) is 3. The van der Waals surface area contributed by atoms with E-state index in [1.54, 1.807) is 6.92 Å². The zero-order valence-electron chi connectivity index (χ0n) is 12.1. The van der Waals surface area contributed by atoms with Crippen LogP contribution in [-0.2, 0) is 20.9 Å². The molecule has 0 saturated heterocycles. The molecule has 0 heterocycles. The van der Waals surface area contributed by atoms with E-state index in [0.717, 1.165) is 37.8 Å². The van der Waals surface area contributed by atoms with E-state index in [1.165, 1.54) is 6.07 Å². The SMILES string of the molecule is CCOC(=O)[C@H]1CC[C@H](OCc2ccc(F)c(F)c2)CC1. The highest BCUT2D eigenvalue weighted by Gasteiger charge is 2.27. The summed E-state index contributed by atoms with van der Waals surface area (Å²) in [4.78, 5) is 11.6. The van der Waals surface area contributed by atoms with Gasteiger partial charge in [-0.15, -0.1) is 0 Å². The van der Waals surface area contributed by atoms with Gasteiger partial charge < -0.3 is 9.47 Å². The summed E-state index contributed by atoms with van der Waals surface area (Å²) in [6.45, 7) is 2.46. The van der Waals surface area contributed by atoms with Crippen molar-refractivity contribution in [1.82, 2.24) is 0 Å². The molecule has 0 N–H and O–H groups in total. The number of benzene rings is 1. The van der Waals surface area contributed by atoms with E-state index in [-0.39, 0.29) is 24.6 Å². The fourth-order valence-electron chi connectivity index (χ4n) is 2.57. The van der Waals surface area contributed by atoms with Crippen LogP contribution in [0.25, 0.3) is 0 Å². The highest BCUT2D eigenvalue weighted by molar-refractivity contribution is 5.72. The zero-order chi connectivity index (χ0) is 15.2. The lowest BCUT2D eigenvalue weighted by molar-refractivity contribution is -0.150. The van der Waals surface area contributed by atoms with Crippen molar-refractivity contribution in [3.63, 3.8) is 0 Å². The molecule has 0 amide bonds. The number of esters is 1. The van der Waals surface area contributed by atoms with Crippen molar-refractivity contribution in [2.24, 2.45) is 5.92 Å². The molecule has 1 saturated carbocycles. The molecule has 0 radical (unpaired) electrons. The third-order valence-electron chi connectivity index (χ3n) is 3.76. The van der Waals surface area contributed by atoms with Gasteiger partial charge in [0.25, 0.3) is 0 Å². The molecule has 1 aliphatic carbocycles. The second kappa shape index (κ2) is 7.50. The standard InChI is InChI=1S/C16H20F2O3/c1-2-20-16(19)12-4-6-13(7-5-12)21-10-11-3-8-14(17)15(18)9-11/h3,8-9,12-13H,2,4-7,10H2,1H3/t12-,13-. The Morgan fingerprint density at radius 2 is 1.90 bits per heavy atom. The summed E-state index contributed by atoms with van der Waals surface area (Å²) in [6.07, 6.45) is 3.13. The first-order valence-electron chi connectivity index (χ1n) is 7.32. The number of carbonyl (C=O) groups excluding carboxylic acids is 1. The monoisotopic (exact) mass is 298 g/mol. The lowest BCUT2D eigenvalue weighted by atomic mass is 9.87. The van der Waals surface area contributed by atoms with Gasteiger partial charge in [-0.1, -0.05) is 6.07 Å². The van der Waals surface area contributed by atoms with E-state index in [1.807, 2.05) is 0 Å². The Morgan fingerprint density at radius 1 is 1.19 bits per heavy atom. The van der Waals surface area contributed by atoms with E-state index in [9.17, 15) is 13.6 Å². The van der Waals surface area contributed by atoms with Gasteiger partial charge in [-0.05, 0) is 50.3 Å². The summed E-state index contributed by atoms with van der Waals surface area (Å²) in [5, 5.41) is 0. The van der Waals surface area contributed by atoms with Crippen molar-refractivity contribution in [3.8, 4) is 0 Å². The van der Waals surface area contributed by atoms with Crippen LogP contribution in [-0.4, -0.2) is 18.7 Å². The summed E-state index contributed by atoms with van der Waals surface area (Å²) < 4.78 is 36.6. The predicted octanol–water partition coefficient (Wildman–Crippen LogP) is 3.60. The van der Waals surface area contributed by atoms with Crippen LogP contribution in [0.5, 0.6) is 0 Å². The first-order chi connectivity index (χ1) is 10.1. The van der Waals surface area contributed by atoms with Crippen LogP contribution in [0.3, 0.4) is 0 Å². The second-order valence-electron chi connectivity index (χ2n) is 5.29. The quantitative estimate of drug-likeness (QED) is 0.779. The van der Waals surface area contributed by atoms with Crippen molar-refractivity contribution in [2.45, 2.75) is 45.3 Å². The topological polar surface area (TPSA) is 35.5 Å². The van der Waals surface area contributed by atoms with Crippen LogP contribution in [0, 0.1) is 17.6 Å². The van der Waals surface area contributed by atoms with E-state index in [4.69, 9.17) is 9.47 Å². The maximum Gasteiger partial charge on any atom is 0.308 e. The lowest BCUT2D eigenvalue weighted by Crippen LogP contribution is -2.27. The summed E-state index contributed by atoms with van der Waals surface area (Å²) in [7, 11) is 0. The molecule has 1 aliphatic rings. The van der Waals surface area contributed by atoms with Crippen molar-refractivity contribution in [2.75, 3.05) is 6.61 Å². The van der Waals surface area contributed by atoms with E-state index in [0.29, 0.717) is 12.2 Å². The molecule has 0 spiro atoms. The molecule has 2 rings (SSSR count). The van der Waals surface area contributed by atoms with Gasteiger partial charge in [0, 0.05) is 0 Å². The molecule has 0 aliphatic heterocycles. The van der Waals surface area contributed by atoms with E-state index >= 15 is 0 Å². The third kappa shape index (κ3) is 4.49. The Morgan fingerprint density at radius 3 is 2.52 bits per heavy atom. The number of hydrogen-bond donors (Lipinski definition) is 0. The van der Waals surface area contributed by atoms with Crippen molar-refractivity contribution in [1.29, 1.82) is 0 Å². The Hall–Kier alpha value is -1.49. The third-order valence-corrected chi connectivity index (χ3v) is 3.76. The highest BCUT2D eigenvalue weighted by Crippen LogP contribution is 2.27. The van der Waals surface area contributed by atoms with Gasteiger partial charge in [0.15, 0.2) is 11.6 Å². The van der Waals surface area contributed by atoms with Gasteiger partial charge in [0.1, 0.15) is 0 Å². The number of rotatable bonds is 5. The molecule has 0 unspecified atom stereocenters. The van der Waals surface area contributed by atoms with E-state index < -0.39 is 11.6 Å². The minimum Gasteiger partial charge on any atom is -0.466 e. The van der Waals surface area contributed by atoms with Crippen molar-refractivity contribution < 1.29 is 23.0 Å². The van der Waals surface area contributed by atoms with Crippen molar-refractivity contribution in [3.05, 3.63) is 35.4 Å². The maximum atomic E-state index is 13.1. The fourth-order valence-corrected chi connectivity index (χ4v) is 2.57. The summed E-state index contributed by atoms with van der Waals surface area (Å²) in [6, 6.07) is 3.77. The van der Waals surface area contributed by atoms with Crippen LogP contribution in [0.4, 0.5) is 8.78 Å². The predicted molar refractivity (Wildman–Crippen MR) is 73.5 cm³/mol. The van der Waals surface area contributed by atoms with Crippen LogP contribution >= 0.6 is 0 Å². The van der Waals surface area contributed by atoms with Gasteiger partial charge in [0.05, 0.1) is 25.2 Å². The summed E-state index contributed by atoms with van der Waals surface area (Å²) >= 11 is 0. The number of ether oxygens (including phenoxy) is 2. The largest absolute Gasteiger partial charge is 0.466 e. The molecule has 0 bridgehead atoms. The molecule has 1 fully saturated rings. The smallest absolute Gasteiger partial charge is 0.308 e. The molecule has 21 heavy (non-hydrogen) atoms. The first-order valence-corrected chi connectivity index (χ1v) is 7.32. The van der Waals surface area contributed by atoms with Gasteiger partial charge >= 0.3 is 5.97 Å². The van der Waals surface area contributed by atoms with Crippen LogP contribution in [0.1, 0.15) is 38.2 Å². The molecule has 0 aromatic heterocycles. The van der Waals surface area contributed by atoms with Gasteiger partial charge in [-0.3, -0.25) is 4.79 Å². The van der Waals surface area contributed by atoms with Crippen LogP contribution < -0.4 is 0 Å². The molecule has 0 atom stereocenters. The Balaban J connectivity index is 1.76.